The summed E-state index contributed by atoms with van der Waals surface area (Å²) in [5, 5.41) is 1.20. The minimum Gasteiger partial charge on any atom is -0.748 e. The van der Waals surface area contributed by atoms with E-state index in [1.807, 2.05) is 30.5 Å². The molecule has 5 heteroatoms. The molecule has 1 aromatic carbocycles. The Morgan fingerprint density at radius 2 is 1.89 bits per heavy atom. The Morgan fingerprint density at radius 3 is 2.63 bits per heavy atom. The molecule has 2 aromatic rings. The molecule has 0 fully saturated rings. The summed E-state index contributed by atoms with van der Waals surface area (Å²) in [5.74, 6) is -0.280. The summed E-state index contributed by atoms with van der Waals surface area (Å²) in [5.41, 5.74) is 2.35. The topological polar surface area (TPSA) is 61.1 Å². The Hall–Kier alpha value is -1.46. The molecule has 102 valence electrons. The second-order valence-electron chi connectivity index (χ2n) is 4.68. The van der Waals surface area contributed by atoms with Crippen LogP contribution in [0.2, 0.25) is 0 Å². The van der Waals surface area contributed by atoms with Gasteiger partial charge in [-0.2, -0.15) is 4.57 Å². The first-order chi connectivity index (χ1) is 8.97. The van der Waals surface area contributed by atoms with Crippen LogP contribution in [0.25, 0.3) is 10.9 Å². The second kappa shape index (κ2) is 5.67. The van der Waals surface area contributed by atoms with Crippen LogP contribution in [-0.4, -0.2) is 18.7 Å². The SMILES string of the molecule is Cc1cc[n+](CCCCS(=O)(=O)[O-])c2ccccc12. The van der Waals surface area contributed by atoms with E-state index in [0.717, 1.165) is 12.1 Å². The van der Waals surface area contributed by atoms with Crippen LogP contribution in [0, 0.1) is 6.92 Å². The van der Waals surface area contributed by atoms with Crippen LogP contribution in [0.5, 0.6) is 0 Å². The molecule has 2 rings (SSSR count). The maximum absolute atomic E-state index is 10.5. The van der Waals surface area contributed by atoms with Gasteiger partial charge in [0.25, 0.3) is 0 Å². The van der Waals surface area contributed by atoms with Crippen LogP contribution in [0.15, 0.2) is 36.5 Å². The smallest absolute Gasteiger partial charge is 0.212 e. The molecule has 0 unspecified atom stereocenters. The number of aryl methyl sites for hydroxylation is 2. The predicted molar refractivity (Wildman–Crippen MR) is 72.7 cm³/mol. The average molecular weight is 279 g/mol. The summed E-state index contributed by atoms with van der Waals surface area (Å²) in [6.07, 6.45) is 3.09. The minimum absolute atomic E-state index is 0.280. The molecule has 1 heterocycles. The van der Waals surface area contributed by atoms with Crippen LogP contribution in [0.3, 0.4) is 0 Å². The summed E-state index contributed by atoms with van der Waals surface area (Å²) in [6, 6.07) is 10.2. The Bertz CT molecular complexity index is 680. The molecule has 0 saturated heterocycles. The van der Waals surface area contributed by atoms with Gasteiger partial charge in [0, 0.05) is 29.7 Å². The van der Waals surface area contributed by atoms with Crippen molar-refractivity contribution in [1.29, 1.82) is 0 Å². The Kier molecular flexibility index (Phi) is 4.17. The molecule has 0 radical (unpaired) electrons. The van der Waals surface area contributed by atoms with Crippen molar-refractivity contribution < 1.29 is 17.5 Å². The van der Waals surface area contributed by atoms with Crippen molar-refractivity contribution in [3.8, 4) is 0 Å². The number of hydrogen-bond acceptors (Lipinski definition) is 3. The lowest BCUT2D eigenvalue weighted by Crippen LogP contribution is -2.34. The van der Waals surface area contributed by atoms with E-state index in [4.69, 9.17) is 0 Å². The third-order valence-electron chi connectivity index (χ3n) is 3.19. The molecule has 1 aromatic heterocycles. The van der Waals surface area contributed by atoms with E-state index >= 15 is 0 Å². The fraction of sp³-hybridized carbons (Fsp3) is 0.357. The number of hydrogen-bond donors (Lipinski definition) is 0. The van der Waals surface area contributed by atoms with Crippen LogP contribution >= 0.6 is 0 Å². The molecule has 0 saturated carbocycles. The van der Waals surface area contributed by atoms with Crippen LogP contribution in [0.4, 0.5) is 0 Å². The van der Waals surface area contributed by atoms with Gasteiger partial charge in [-0.15, -0.1) is 0 Å². The number of para-hydroxylation sites is 1. The van der Waals surface area contributed by atoms with Gasteiger partial charge >= 0.3 is 0 Å². The van der Waals surface area contributed by atoms with E-state index in [-0.39, 0.29) is 5.75 Å². The van der Waals surface area contributed by atoms with Crippen molar-refractivity contribution in [3.05, 3.63) is 42.1 Å². The van der Waals surface area contributed by atoms with Gasteiger partial charge in [-0.1, -0.05) is 12.1 Å². The van der Waals surface area contributed by atoms with Crippen LogP contribution in [-0.2, 0) is 16.7 Å². The summed E-state index contributed by atoms with van der Waals surface area (Å²) in [4.78, 5) is 0. The number of benzene rings is 1. The van der Waals surface area contributed by atoms with Gasteiger partial charge in [-0.25, -0.2) is 8.42 Å². The maximum atomic E-state index is 10.5. The highest BCUT2D eigenvalue weighted by Crippen LogP contribution is 2.13. The minimum atomic E-state index is -4.09. The third-order valence-corrected chi connectivity index (χ3v) is 3.97. The predicted octanol–water partition coefficient (Wildman–Crippen LogP) is 1.76. The average Bonchev–Trinajstić information content (AvgIpc) is 2.36. The summed E-state index contributed by atoms with van der Waals surface area (Å²) in [7, 11) is -4.09. The molecule has 0 atom stereocenters. The molecule has 4 nitrogen and oxygen atoms in total. The highest BCUT2D eigenvalue weighted by molar-refractivity contribution is 7.85. The first kappa shape index (κ1) is 14.0. The van der Waals surface area contributed by atoms with Gasteiger partial charge in [0.15, 0.2) is 6.20 Å². The number of nitrogens with zero attached hydrogens (tertiary/aromatic N) is 1. The fourth-order valence-corrected chi connectivity index (χ4v) is 2.74. The van der Waals surface area contributed by atoms with Gasteiger partial charge in [-0.3, -0.25) is 0 Å². The van der Waals surface area contributed by atoms with Crippen molar-refractivity contribution >= 4 is 21.0 Å². The largest absolute Gasteiger partial charge is 0.748 e. The zero-order chi connectivity index (χ0) is 13.9. The highest BCUT2D eigenvalue weighted by atomic mass is 32.2. The number of aromatic nitrogens is 1. The Balaban J connectivity index is 2.11. The lowest BCUT2D eigenvalue weighted by atomic mass is 10.1. The van der Waals surface area contributed by atoms with Gasteiger partial charge < -0.3 is 4.55 Å². The number of unbranched alkanes of at least 4 members (excludes halogenated alkanes) is 1. The molecule has 0 aliphatic heterocycles. The number of rotatable bonds is 5. The Morgan fingerprint density at radius 1 is 1.16 bits per heavy atom. The van der Waals surface area contributed by atoms with E-state index in [9.17, 15) is 13.0 Å². The van der Waals surface area contributed by atoms with Crippen molar-refractivity contribution in [2.75, 3.05) is 5.75 Å². The van der Waals surface area contributed by atoms with Gasteiger partial charge in [0.05, 0.1) is 10.1 Å². The van der Waals surface area contributed by atoms with Crippen LogP contribution in [0.1, 0.15) is 18.4 Å². The van der Waals surface area contributed by atoms with Crippen molar-refractivity contribution in [2.24, 2.45) is 0 Å². The molecular weight excluding hydrogens is 262 g/mol. The van der Waals surface area contributed by atoms with E-state index in [2.05, 4.69) is 17.6 Å². The van der Waals surface area contributed by atoms with Gasteiger partial charge in [0.1, 0.15) is 6.54 Å². The lowest BCUT2D eigenvalue weighted by molar-refractivity contribution is -0.671. The molecule has 0 spiro atoms. The lowest BCUT2D eigenvalue weighted by Gasteiger charge is -2.06. The third kappa shape index (κ3) is 3.75. The van der Waals surface area contributed by atoms with Gasteiger partial charge in [-0.05, 0) is 25.0 Å². The molecule has 0 aliphatic rings. The van der Waals surface area contributed by atoms with E-state index in [0.29, 0.717) is 12.8 Å². The molecule has 0 bridgehead atoms. The van der Waals surface area contributed by atoms with E-state index in [1.165, 1.54) is 10.9 Å². The quantitative estimate of drug-likeness (QED) is 0.476. The van der Waals surface area contributed by atoms with Crippen molar-refractivity contribution in [2.45, 2.75) is 26.3 Å². The zero-order valence-corrected chi connectivity index (χ0v) is 11.7. The monoisotopic (exact) mass is 279 g/mol. The van der Waals surface area contributed by atoms with Crippen molar-refractivity contribution in [1.82, 2.24) is 0 Å². The van der Waals surface area contributed by atoms with Gasteiger partial charge in [0.2, 0.25) is 5.52 Å². The highest BCUT2D eigenvalue weighted by Gasteiger charge is 2.09. The Labute approximate surface area is 113 Å². The summed E-state index contributed by atoms with van der Waals surface area (Å²) in [6.45, 7) is 2.78. The molecule has 0 N–H and O–H groups in total. The zero-order valence-electron chi connectivity index (χ0n) is 10.9. The normalized spacial score (nSPS) is 11.9. The fourth-order valence-electron chi connectivity index (χ4n) is 2.19. The summed E-state index contributed by atoms with van der Waals surface area (Å²) < 4.78 is 33.7. The number of fused-ring (bicyclic) bond motifs is 1. The van der Waals surface area contributed by atoms with Crippen LogP contribution < -0.4 is 4.57 Å². The maximum Gasteiger partial charge on any atom is 0.212 e. The standard InChI is InChI=1S/C14H17NO3S/c1-12-8-10-15(9-4-5-11-19(16,17)18)14-7-3-2-6-13(12)14/h2-3,6-8,10H,4-5,9,11H2,1H3. The van der Waals surface area contributed by atoms with E-state index < -0.39 is 10.1 Å². The first-order valence-electron chi connectivity index (χ1n) is 6.29. The van der Waals surface area contributed by atoms with E-state index in [1.54, 1.807) is 0 Å². The summed E-state index contributed by atoms with van der Waals surface area (Å²) >= 11 is 0. The first-order valence-corrected chi connectivity index (χ1v) is 7.86. The molecular formula is C14H17NO3S. The van der Waals surface area contributed by atoms with Crippen molar-refractivity contribution in [3.63, 3.8) is 0 Å². The molecule has 0 aliphatic carbocycles. The number of pyridine rings is 1. The molecule has 19 heavy (non-hydrogen) atoms. The molecule has 0 amide bonds. The second-order valence-corrected chi connectivity index (χ2v) is 6.20.